The fourth-order valence-corrected chi connectivity index (χ4v) is 2.97. The number of allylic oxidation sites excluding steroid dienone is 1. The van der Waals surface area contributed by atoms with Crippen molar-refractivity contribution < 1.29 is 49.4 Å². The average molecular weight is 394 g/mol. The molecule has 0 atom stereocenters. The molecule has 0 aromatic rings. The van der Waals surface area contributed by atoms with E-state index in [1.165, 1.54) is 96.2 Å². The molecule has 0 bridgehead atoms. The van der Waals surface area contributed by atoms with Gasteiger partial charge in [0.15, 0.2) is 0 Å². The van der Waals surface area contributed by atoms with Gasteiger partial charge in [0, 0.05) is 0 Å². The van der Waals surface area contributed by atoms with Crippen molar-refractivity contribution in [1.82, 2.24) is 0 Å². The molecule has 4 nitrogen and oxygen atoms in total. The molecule has 0 heterocycles. The monoisotopic (exact) mass is 393 g/mol. The largest absolute Gasteiger partial charge is 1.00 e. The molecule has 0 aliphatic rings. The van der Waals surface area contributed by atoms with E-state index < -0.39 is 5.97 Å². The molecule has 0 spiro atoms. The number of hydrogen-bond donors (Lipinski definition) is 0. The van der Waals surface area contributed by atoms with Crippen molar-refractivity contribution in [2.45, 2.75) is 110 Å². The van der Waals surface area contributed by atoms with Gasteiger partial charge in [0.05, 0.1) is 6.61 Å². The Morgan fingerprint density at radius 1 is 0.741 bits per heavy atom. The number of carbonyl (C=O) groups is 1. The summed E-state index contributed by atoms with van der Waals surface area (Å²) in [6.45, 7) is 2.72. The second-order valence-corrected chi connectivity index (χ2v) is 6.92. The maximum absolute atomic E-state index is 11.1. The molecule has 0 aliphatic carbocycles. The van der Waals surface area contributed by atoms with Crippen LogP contribution in [0.25, 0.3) is 0 Å². The Labute approximate surface area is 189 Å². The third kappa shape index (κ3) is 28.2. The van der Waals surface area contributed by atoms with Crippen LogP contribution in [0.15, 0.2) is 12.2 Å². The Morgan fingerprint density at radius 2 is 1.11 bits per heavy atom. The Bertz CT molecular complexity index is 332. The summed E-state index contributed by atoms with van der Waals surface area (Å²) >= 11 is 0. The average Bonchev–Trinajstić information content (AvgIpc) is 2.62. The SMILES string of the molecule is CCCCCCCCCCCCCCCCCCOC(=O)/C=C/[C-]=O.[Na+].[OH3+]. The van der Waals surface area contributed by atoms with Gasteiger partial charge in [-0.3, -0.25) is 4.79 Å². The fourth-order valence-electron chi connectivity index (χ4n) is 2.97. The van der Waals surface area contributed by atoms with E-state index in [2.05, 4.69) is 6.92 Å². The van der Waals surface area contributed by atoms with Crippen LogP contribution in [0.1, 0.15) is 110 Å². The van der Waals surface area contributed by atoms with E-state index in [1.54, 1.807) is 0 Å². The summed E-state index contributed by atoms with van der Waals surface area (Å²) in [5.41, 5.74) is 0. The van der Waals surface area contributed by atoms with Gasteiger partial charge in [0.25, 0.3) is 0 Å². The number of ether oxygens (including phenoxy) is 1. The van der Waals surface area contributed by atoms with Crippen molar-refractivity contribution in [3.8, 4) is 0 Å². The maximum Gasteiger partial charge on any atom is 1.00 e. The fraction of sp³-hybridized carbons (Fsp3) is 0.818. The normalized spacial score (nSPS) is 10.3. The summed E-state index contributed by atoms with van der Waals surface area (Å²) in [4.78, 5) is 21.0. The smallest absolute Gasteiger partial charge is 0.476 e. The van der Waals surface area contributed by atoms with Crippen molar-refractivity contribution in [3.05, 3.63) is 12.2 Å². The molecular weight excluding hydrogens is 351 g/mol. The zero-order chi connectivity index (χ0) is 18.4. The molecule has 0 aromatic carbocycles. The van der Waals surface area contributed by atoms with Gasteiger partial charge in [-0.2, -0.15) is 6.08 Å². The second-order valence-electron chi connectivity index (χ2n) is 6.92. The molecule has 27 heavy (non-hydrogen) atoms. The number of esters is 1. The number of rotatable bonds is 19. The molecule has 0 aliphatic heterocycles. The summed E-state index contributed by atoms with van der Waals surface area (Å²) in [5, 5.41) is 0. The molecule has 154 valence electrons. The minimum absolute atomic E-state index is 0. The summed E-state index contributed by atoms with van der Waals surface area (Å²) in [5.74, 6) is -0.454. The molecular formula is C22H42NaO4+. The van der Waals surface area contributed by atoms with E-state index in [4.69, 9.17) is 4.74 Å². The molecule has 5 heteroatoms. The zero-order valence-electron chi connectivity index (χ0n) is 18.0. The van der Waals surface area contributed by atoms with E-state index in [9.17, 15) is 9.59 Å². The molecule has 3 N–H and O–H groups in total. The minimum Gasteiger partial charge on any atom is -0.476 e. The van der Waals surface area contributed by atoms with E-state index in [-0.39, 0.29) is 35.0 Å². The van der Waals surface area contributed by atoms with Crippen molar-refractivity contribution in [3.63, 3.8) is 0 Å². The predicted molar refractivity (Wildman–Crippen MR) is 110 cm³/mol. The van der Waals surface area contributed by atoms with Gasteiger partial charge in [0.1, 0.15) is 0 Å². The first-order valence-corrected chi connectivity index (χ1v) is 10.5. The second kappa shape index (κ2) is 28.1. The van der Waals surface area contributed by atoms with E-state index in [0.29, 0.717) is 6.61 Å². The quantitative estimate of drug-likeness (QED) is 0.0845. The molecule has 0 aromatic heterocycles. The summed E-state index contributed by atoms with van der Waals surface area (Å²) in [7, 11) is 0. The van der Waals surface area contributed by atoms with Crippen LogP contribution in [0, 0.1) is 0 Å². The first-order valence-electron chi connectivity index (χ1n) is 10.5. The van der Waals surface area contributed by atoms with Crippen LogP contribution >= 0.6 is 0 Å². The van der Waals surface area contributed by atoms with Crippen LogP contribution in [0.2, 0.25) is 0 Å². The Kier molecular flexibility index (Phi) is 32.8. The van der Waals surface area contributed by atoms with Gasteiger partial charge in [-0.05, 0) is 12.7 Å². The van der Waals surface area contributed by atoms with Gasteiger partial charge in [-0.15, -0.1) is 6.08 Å². The molecule has 0 amide bonds. The van der Waals surface area contributed by atoms with Crippen molar-refractivity contribution in [1.29, 1.82) is 0 Å². The molecule has 0 unspecified atom stereocenters. The van der Waals surface area contributed by atoms with Crippen LogP contribution in [0.4, 0.5) is 0 Å². The molecule has 0 fully saturated rings. The Morgan fingerprint density at radius 3 is 1.48 bits per heavy atom. The number of carbonyl (C=O) groups excluding carboxylic acids is 2. The number of unbranched alkanes of at least 4 members (excludes halogenated alkanes) is 15. The van der Waals surface area contributed by atoms with Gasteiger partial charge >= 0.3 is 29.6 Å². The van der Waals surface area contributed by atoms with Crippen LogP contribution < -0.4 is 29.6 Å². The van der Waals surface area contributed by atoms with Crippen LogP contribution in [0.5, 0.6) is 0 Å². The van der Waals surface area contributed by atoms with E-state index in [0.717, 1.165) is 25.0 Å². The minimum atomic E-state index is -0.454. The Balaban J connectivity index is -0.00000288. The van der Waals surface area contributed by atoms with Gasteiger partial charge in [0.2, 0.25) is 5.97 Å². The third-order valence-corrected chi connectivity index (χ3v) is 4.53. The van der Waals surface area contributed by atoms with Gasteiger partial charge in [-0.25, -0.2) is 0 Å². The Hall–Kier alpha value is -0.160. The number of hydrogen-bond acceptors (Lipinski definition) is 3. The standard InChI is InChI=1S/C22H39O3.Na.H2O/c1-2-3-4-5-6-7-8-9-10-11-12-13-14-15-16-17-21-25-22(24)19-18-20-23;;/h18-19H,2-17,21H2,1H3;;1H2/q-1;+1;/p+1/b19-18+;;. The van der Waals surface area contributed by atoms with Crippen molar-refractivity contribution in [2.75, 3.05) is 6.61 Å². The first kappa shape index (κ1) is 31.5. The molecule has 0 saturated carbocycles. The summed E-state index contributed by atoms with van der Waals surface area (Å²) in [6.07, 6.45) is 24.9. The topological polar surface area (TPSA) is 76.4 Å². The van der Waals surface area contributed by atoms with Crippen LogP contribution in [-0.2, 0) is 19.8 Å². The van der Waals surface area contributed by atoms with Gasteiger partial charge < -0.3 is 15.0 Å². The van der Waals surface area contributed by atoms with Gasteiger partial charge in [-0.1, -0.05) is 103 Å². The summed E-state index contributed by atoms with van der Waals surface area (Å²) < 4.78 is 4.96. The molecule has 0 rings (SSSR count). The first-order chi connectivity index (χ1) is 12.3. The maximum atomic E-state index is 11.1. The van der Waals surface area contributed by atoms with E-state index in [1.807, 2.05) is 0 Å². The van der Waals surface area contributed by atoms with E-state index >= 15 is 0 Å². The van der Waals surface area contributed by atoms with Crippen LogP contribution in [-0.4, -0.2) is 18.9 Å². The van der Waals surface area contributed by atoms with Crippen molar-refractivity contribution >= 4 is 12.3 Å². The van der Waals surface area contributed by atoms with Crippen LogP contribution in [0.3, 0.4) is 0 Å². The zero-order valence-corrected chi connectivity index (χ0v) is 20.0. The predicted octanol–water partition coefficient (Wildman–Crippen LogP) is 2.54. The third-order valence-electron chi connectivity index (χ3n) is 4.53. The summed E-state index contributed by atoms with van der Waals surface area (Å²) in [6, 6.07) is 0. The molecule has 0 radical (unpaired) electrons. The molecule has 0 saturated heterocycles. The van der Waals surface area contributed by atoms with Crippen molar-refractivity contribution in [2.24, 2.45) is 0 Å².